The average molecular weight is 476 g/mol. The number of nitrogens with zero attached hydrogens (tertiary/aromatic N) is 2. The highest BCUT2D eigenvalue weighted by molar-refractivity contribution is 6.06. The molecule has 1 saturated heterocycles. The van der Waals surface area contributed by atoms with Crippen LogP contribution in [0.15, 0.2) is 36.5 Å². The highest BCUT2D eigenvalue weighted by Gasteiger charge is 2.45. The molecule has 0 bridgehead atoms. The minimum Gasteiger partial charge on any atom is -0.495 e. The molecule has 178 valence electrons. The van der Waals surface area contributed by atoms with Gasteiger partial charge >= 0.3 is 6.18 Å². The van der Waals surface area contributed by atoms with Crippen LogP contribution in [0.4, 0.5) is 13.2 Å². The highest BCUT2D eigenvalue weighted by Crippen LogP contribution is 2.36. The van der Waals surface area contributed by atoms with Gasteiger partial charge in [0.15, 0.2) is 6.04 Å². The molecule has 9 nitrogen and oxygen atoms in total. The first-order valence-corrected chi connectivity index (χ1v) is 10.2. The zero-order valence-corrected chi connectivity index (χ0v) is 17.8. The van der Waals surface area contributed by atoms with Crippen LogP contribution in [0.3, 0.4) is 0 Å². The summed E-state index contributed by atoms with van der Waals surface area (Å²) in [6.45, 7) is -0.0155. The molecule has 0 saturated carbocycles. The number of aromatic nitrogens is 1. The molecule has 0 aliphatic carbocycles. The van der Waals surface area contributed by atoms with E-state index < -0.39 is 47.6 Å². The van der Waals surface area contributed by atoms with Crippen molar-refractivity contribution in [2.45, 2.75) is 37.6 Å². The molecule has 1 aromatic heterocycles. The third-order valence-electron chi connectivity index (χ3n) is 5.68. The Labute approximate surface area is 191 Å². The molecular weight excluding hydrogens is 457 g/mol. The molecular formula is C22H19F3N4O5. The lowest BCUT2D eigenvalue weighted by molar-refractivity contribution is -0.156. The SMILES string of the molecule is COc1cccnc1[C@@H](NC(=O)c1ccc2c(c1)CN(C1CCC(=O)NC1=O)C2=O)C(F)(F)F. The average Bonchev–Trinajstić information content (AvgIpc) is 3.12. The first-order valence-electron chi connectivity index (χ1n) is 10.2. The quantitative estimate of drug-likeness (QED) is 0.637. The van der Waals surface area contributed by atoms with Gasteiger partial charge in [0.05, 0.1) is 7.11 Å². The molecule has 2 aliphatic heterocycles. The van der Waals surface area contributed by atoms with Crippen LogP contribution < -0.4 is 15.4 Å². The number of alkyl halides is 3. The fourth-order valence-electron chi connectivity index (χ4n) is 4.03. The highest BCUT2D eigenvalue weighted by atomic mass is 19.4. The van der Waals surface area contributed by atoms with Crippen molar-refractivity contribution in [3.8, 4) is 5.75 Å². The summed E-state index contributed by atoms with van der Waals surface area (Å²) in [4.78, 5) is 54.1. The van der Waals surface area contributed by atoms with Gasteiger partial charge in [0, 0.05) is 30.3 Å². The molecule has 12 heteroatoms. The molecule has 2 atom stereocenters. The van der Waals surface area contributed by atoms with Crippen LogP contribution in [0.2, 0.25) is 0 Å². The van der Waals surface area contributed by atoms with Gasteiger partial charge in [-0.2, -0.15) is 13.2 Å². The topological polar surface area (TPSA) is 118 Å². The van der Waals surface area contributed by atoms with E-state index >= 15 is 0 Å². The molecule has 2 aromatic rings. The first-order chi connectivity index (χ1) is 16.1. The van der Waals surface area contributed by atoms with Crippen LogP contribution in [-0.2, 0) is 16.1 Å². The Kier molecular flexibility index (Phi) is 5.98. The fourth-order valence-corrected chi connectivity index (χ4v) is 4.03. The van der Waals surface area contributed by atoms with Gasteiger partial charge in [-0.1, -0.05) is 0 Å². The van der Waals surface area contributed by atoms with E-state index in [1.165, 1.54) is 42.3 Å². The molecule has 3 heterocycles. The van der Waals surface area contributed by atoms with Crippen LogP contribution in [0.1, 0.15) is 50.9 Å². The van der Waals surface area contributed by atoms with E-state index in [9.17, 15) is 32.3 Å². The normalized spacial score (nSPS) is 18.9. The number of benzene rings is 1. The number of pyridine rings is 1. The number of carbonyl (C=O) groups is 4. The summed E-state index contributed by atoms with van der Waals surface area (Å²) in [5.41, 5.74) is 0.0355. The van der Waals surface area contributed by atoms with Gasteiger partial charge in [-0.3, -0.25) is 29.5 Å². The summed E-state index contributed by atoms with van der Waals surface area (Å²) in [5, 5.41) is 4.13. The van der Waals surface area contributed by atoms with E-state index in [0.717, 1.165) is 6.20 Å². The zero-order valence-electron chi connectivity index (χ0n) is 17.8. The maximum Gasteiger partial charge on any atom is 0.414 e. The van der Waals surface area contributed by atoms with Gasteiger partial charge < -0.3 is 15.0 Å². The molecule has 4 amide bonds. The number of methoxy groups -OCH3 is 1. The zero-order chi connectivity index (χ0) is 24.6. The lowest BCUT2D eigenvalue weighted by atomic mass is 10.0. The summed E-state index contributed by atoms with van der Waals surface area (Å²) in [7, 11) is 1.20. The van der Waals surface area contributed by atoms with Crippen molar-refractivity contribution in [2.24, 2.45) is 0 Å². The fraction of sp³-hybridized carbons (Fsp3) is 0.318. The van der Waals surface area contributed by atoms with Crippen LogP contribution >= 0.6 is 0 Å². The van der Waals surface area contributed by atoms with E-state index in [1.807, 2.05) is 5.32 Å². The van der Waals surface area contributed by atoms with Gasteiger partial charge in [-0.15, -0.1) is 0 Å². The summed E-state index contributed by atoms with van der Waals surface area (Å²) in [6, 6.07) is 3.33. The maximum absolute atomic E-state index is 13.8. The predicted molar refractivity (Wildman–Crippen MR) is 110 cm³/mol. The van der Waals surface area contributed by atoms with Gasteiger partial charge in [0.2, 0.25) is 11.8 Å². The number of fused-ring (bicyclic) bond motifs is 1. The molecule has 0 radical (unpaired) electrons. The monoisotopic (exact) mass is 476 g/mol. The number of piperidine rings is 1. The van der Waals surface area contributed by atoms with Crippen molar-refractivity contribution in [3.05, 3.63) is 58.9 Å². The van der Waals surface area contributed by atoms with Crippen molar-refractivity contribution in [3.63, 3.8) is 0 Å². The van der Waals surface area contributed by atoms with Crippen LogP contribution in [-0.4, -0.2) is 52.8 Å². The number of rotatable bonds is 5. The minimum atomic E-state index is -4.85. The second-order valence-corrected chi connectivity index (χ2v) is 7.81. The Morgan fingerprint density at radius 3 is 2.71 bits per heavy atom. The molecule has 2 aliphatic rings. The predicted octanol–water partition coefficient (Wildman–Crippen LogP) is 1.88. The Morgan fingerprint density at radius 1 is 1.26 bits per heavy atom. The number of amides is 4. The largest absolute Gasteiger partial charge is 0.495 e. The molecule has 1 aromatic carbocycles. The van der Waals surface area contributed by atoms with E-state index in [1.54, 1.807) is 0 Å². The van der Waals surface area contributed by atoms with Gasteiger partial charge in [-0.05, 0) is 42.3 Å². The van der Waals surface area contributed by atoms with Crippen molar-refractivity contribution in [1.82, 2.24) is 20.5 Å². The molecule has 0 spiro atoms. The number of halogens is 3. The molecule has 34 heavy (non-hydrogen) atoms. The van der Waals surface area contributed by atoms with Crippen molar-refractivity contribution >= 4 is 23.6 Å². The Hall–Kier alpha value is -3.96. The Morgan fingerprint density at radius 2 is 2.03 bits per heavy atom. The van der Waals surface area contributed by atoms with Gasteiger partial charge in [0.1, 0.15) is 17.5 Å². The summed E-state index contributed by atoms with van der Waals surface area (Å²) >= 11 is 0. The maximum atomic E-state index is 13.8. The van der Waals surface area contributed by atoms with Crippen LogP contribution in [0, 0.1) is 0 Å². The third kappa shape index (κ3) is 4.30. The number of nitrogens with one attached hydrogen (secondary N) is 2. The lowest BCUT2D eigenvalue weighted by Gasteiger charge is -2.29. The Bertz CT molecular complexity index is 1180. The lowest BCUT2D eigenvalue weighted by Crippen LogP contribution is -2.52. The van der Waals surface area contributed by atoms with E-state index in [0.29, 0.717) is 5.56 Å². The standard InChI is InChI=1S/C22H19F3N4O5/c1-34-15-3-2-8-26-17(15)18(22(23,24)25)28-19(31)11-4-5-13-12(9-11)10-29(21(13)33)14-6-7-16(30)27-20(14)32/h2-5,8-9,14,18H,6-7,10H2,1H3,(H,28,31)(H,27,30,32)/t14?,18-/m1/s1. The second-order valence-electron chi connectivity index (χ2n) is 7.81. The van der Waals surface area contributed by atoms with Crippen molar-refractivity contribution < 1.29 is 37.1 Å². The van der Waals surface area contributed by atoms with Gasteiger partial charge in [-0.25, -0.2) is 0 Å². The number of imide groups is 1. The van der Waals surface area contributed by atoms with Gasteiger partial charge in [0.25, 0.3) is 11.8 Å². The molecule has 1 unspecified atom stereocenters. The van der Waals surface area contributed by atoms with Crippen LogP contribution in [0.5, 0.6) is 5.75 Å². The summed E-state index contributed by atoms with van der Waals surface area (Å²) in [5.74, 6) is -2.63. The summed E-state index contributed by atoms with van der Waals surface area (Å²) in [6.07, 6.45) is -3.45. The number of hydrogen-bond acceptors (Lipinski definition) is 6. The van der Waals surface area contributed by atoms with Crippen molar-refractivity contribution in [1.29, 1.82) is 0 Å². The molecule has 2 N–H and O–H groups in total. The molecule has 1 fully saturated rings. The third-order valence-corrected chi connectivity index (χ3v) is 5.68. The number of hydrogen-bond donors (Lipinski definition) is 2. The Balaban J connectivity index is 1.56. The van der Waals surface area contributed by atoms with Crippen LogP contribution in [0.25, 0.3) is 0 Å². The molecule has 4 rings (SSSR count). The minimum absolute atomic E-state index is 0.0155. The second kappa shape index (κ2) is 8.76. The first kappa shape index (κ1) is 23.2. The van der Waals surface area contributed by atoms with E-state index in [-0.39, 0.29) is 36.3 Å². The number of ether oxygens (including phenoxy) is 1. The van der Waals surface area contributed by atoms with Crippen molar-refractivity contribution in [2.75, 3.05) is 7.11 Å². The van der Waals surface area contributed by atoms with E-state index in [4.69, 9.17) is 4.74 Å². The number of carbonyl (C=O) groups excluding carboxylic acids is 4. The van der Waals surface area contributed by atoms with E-state index in [2.05, 4.69) is 10.3 Å². The summed E-state index contributed by atoms with van der Waals surface area (Å²) < 4.78 is 46.3. The smallest absolute Gasteiger partial charge is 0.414 e.